The summed E-state index contributed by atoms with van der Waals surface area (Å²) < 4.78 is 52.7. The van der Waals surface area contributed by atoms with Crippen molar-refractivity contribution in [1.29, 1.82) is 0 Å². The lowest BCUT2D eigenvalue weighted by Crippen LogP contribution is -2.06. The van der Waals surface area contributed by atoms with Crippen LogP contribution in [-0.2, 0) is 0 Å². The number of aryl methyl sites for hydroxylation is 1. The van der Waals surface area contributed by atoms with Gasteiger partial charge in [0.2, 0.25) is 0 Å². The molecule has 1 nitrogen and oxygen atoms in total. The maximum atomic E-state index is 13.6. The number of halogens is 4. The van der Waals surface area contributed by atoms with Crippen LogP contribution in [0.4, 0.5) is 17.6 Å². The van der Waals surface area contributed by atoms with Crippen molar-refractivity contribution >= 4 is 5.78 Å². The van der Waals surface area contributed by atoms with E-state index in [1.807, 2.05) is 0 Å². The molecule has 2 rings (SSSR count). The molecule has 0 heterocycles. The van der Waals surface area contributed by atoms with Gasteiger partial charge in [0, 0.05) is 5.56 Å². The van der Waals surface area contributed by atoms with E-state index in [9.17, 15) is 22.4 Å². The van der Waals surface area contributed by atoms with Gasteiger partial charge in [-0.25, -0.2) is 17.6 Å². The maximum Gasteiger partial charge on any atom is 0.196 e. The van der Waals surface area contributed by atoms with E-state index < -0.39 is 34.6 Å². The molecule has 2 aromatic rings. The molecule has 0 saturated carbocycles. The standard InChI is InChI=1S/C14H8F4O/c1-7-4-12(17)9(6-11(7)16)14(19)8-2-3-10(15)13(18)5-8/h2-6H,1H3. The molecular weight excluding hydrogens is 260 g/mol. The lowest BCUT2D eigenvalue weighted by molar-refractivity contribution is 0.103. The largest absolute Gasteiger partial charge is 0.288 e. The van der Waals surface area contributed by atoms with Crippen molar-refractivity contribution < 1.29 is 22.4 Å². The zero-order chi connectivity index (χ0) is 14.2. The van der Waals surface area contributed by atoms with Crippen molar-refractivity contribution in [3.8, 4) is 0 Å². The second kappa shape index (κ2) is 4.84. The molecule has 0 aromatic heterocycles. The van der Waals surface area contributed by atoms with E-state index in [1.54, 1.807) is 0 Å². The number of carbonyl (C=O) groups is 1. The Labute approximate surface area is 106 Å². The first-order valence-electron chi connectivity index (χ1n) is 5.35. The van der Waals surface area contributed by atoms with Crippen LogP contribution in [0.25, 0.3) is 0 Å². The summed E-state index contributed by atoms with van der Waals surface area (Å²) in [5, 5.41) is 0. The lowest BCUT2D eigenvalue weighted by Gasteiger charge is -2.05. The number of hydrogen-bond acceptors (Lipinski definition) is 1. The predicted octanol–water partition coefficient (Wildman–Crippen LogP) is 3.78. The molecule has 0 amide bonds. The Hall–Kier alpha value is -2.17. The van der Waals surface area contributed by atoms with E-state index in [2.05, 4.69) is 0 Å². The van der Waals surface area contributed by atoms with Crippen molar-refractivity contribution in [3.05, 3.63) is 70.3 Å². The fraction of sp³-hybridized carbons (Fsp3) is 0.0714. The highest BCUT2D eigenvalue weighted by atomic mass is 19.2. The topological polar surface area (TPSA) is 17.1 Å². The fourth-order valence-electron chi connectivity index (χ4n) is 1.61. The van der Waals surface area contributed by atoms with Gasteiger partial charge in [-0.1, -0.05) is 0 Å². The van der Waals surface area contributed by atoms with Crippen molar-refractivity contribution in [2.45, 2.75) is 6.92 Å². The summed E-state index contributed by atoms with van der Waals surface area (Å²) in [6.07, 6.45) is 0. The molecule has 0 aliphatic carbocycles. The average Bonchev–Trinajstić information content (AvgIpc) is 2.36. The molecule has 0 fully saturated rings. The second-order valence-electron chi connectivity index (χ2n) is 4.04. The van der Waals surface area contributed by atoms with Crippen LogP contribution >= 0.6 is 0 Å². The lowest BCUT2D eigenvalue weighted by atomic mass is 10.0. The second-order valence-corrected chi connectivity index (χ2v) is 4.04. The smallest absolute Gasteiger partial charge is 0.196 e. The van der Waals surface area contributed by atoms with Gasteiger partial charge >= 0.3 is 0 Å². The van der Waals surface area contributed by atoms with Gasteiger partial charge in [0.1, 0.15) is 11.6 Å². The van der Waals surface area contributed by atoms with Gasteiger partial charge in [-0.3, -0.25) is 4.79 Å². The third kappa shape index (κ3) is 2.50. The van der Waals surface area contributed by atoms with E-state index in [0.29, 0.717) is 6.07 Å². The molecule has 0 atom stereocenters. The Kier molecular flexibility index (Phi) is 3.38. The third-order valence-electron chi connectivity index (χ3n) is 2.67. The number of carbonyl (C=O) groups excluding carboxylic acids is 1. The summed E-state index contributed by atoms with van der Waals surface area (Å²) in [5.41, 5.74) is -0.713. The predicted molar refractivity (Wildman–Crippen MR) is 60.9 cm³/mol. The van der Waals surface area contributed by atoms with Crippen LogP contribution in [0.3, 0.4) is 0 Å². The van der Waals surface area contributed by atoms with Crippen LogP contribution in [0, 0.1) is 30.2 Å². The Morgan fingerprint density at radius 3 is 2.16 bits per heavy atom. The zero-order valence-corrected chi connectivity index (χ0v) is 9.81. The highest BCUT2D eigenvalue weighted by Gasteiger charge is 2.17. The molecule has 98 valence electrons. The number of rotatable bonds is 2. The van der Waals surface area contributed by atoms with Crippen LogP contribution < -0.4 is 0 Å². The molecular formula is C14H8F4O. The Morgan fingerprint density at radius 2 is 1.53 bits per heavy atom. The first-order valence-corrected chi connectivity index (χ1v) is 5.35. The number of hydrogen-bond donors (Lipinski definition) is 0. The minimum atomic E-state index is -1.22. The Bertz CT molecular complexity index is 665. The molecule has 0 bridgehead atoms. The molecule has 0 aliphatic heterocycles. The van der Waals surface area contributed by atoms with Gasteiger partial charge in [0.25, 0.3) is 0 Å². The van der Waals surface area contributed by atoms with Gasteiger partial charge in [-0.15, -0.1) is 0 Å². The number of ketones is 1. The first kappa shape index (κ1) is 13.3. The molecule has 5 heteroatoms. The molecule has 2 aromatic carbocycles. The van der Waals surface area contributed by atoms with Crippen LogP contribution in [0.5, 0.6) is 0 Å². The van der Waals surface area contributed by atoms with Gasteiger partial charge < -0.3 is 0 Å². The summed E-state index contributed by atoms with van der Waals surface area (Å²) in [4.78, 5) is 11.9. The molecule has 0 radical (unpaired) electrons. The van der Waals surface area contributed by atoms with Crippen LogP contribution in [-0.4, -0.2) is 5.78 Å². The molecule has 0 unspecified atom stereocenters. The van der Waals surface area contributed by atoms with E-state index in [1.165, 1.54) is 6.92 Å². The summed E-state index contributed by atoms with van der Waals surface area (Å²) >= 11 is 0. The Morgan fingerprint density at radius 1 is 0.842 bits per heavy atom. The van der Waals surface area contributed by atoms with E-state index >= 15 is 0 Å². The highest BCUT2D eigenvalue weighted by molar-refractivity contribution is 6.09. The van der Waals surface area contributed by atoms with Crippen LogP contribution in [0.2, 0.25) is 0 Å². The van der Waals surface area contributed by atoms with E-state index in [0.717, 1.165) is 24.3 Å². The van der Waals surface area contributed by atoms with Crippen LogP contribution in [0.1, 0.15) is 21.5 Å². The first-order chi connectivity index (χ1) is 8.90. The van der Waals surface area contributed by atoms with E-state index in [-0.39, 0.29) is 11.1 Å². The molecule has 19 heavy (non-hydrogen) atoms. The minimum Gasteiger partial charge on any atom is -0.288 e. The maximum absolute atomic E-state index is 13.6. The quantitative estimate of drug-likeness (QED) is 0.598. The third-order valence-corrected chi connectivity index (χ3v) is 2.67. The normalized spacial score (nSPS) is 10.6. The van der Waals surface area contributed by atoms with Gasteiger partial charge in [0.15, 0.2) is 17.4 Å². The van der Waals surface area contributed by atoms with Crippen molar-refractivity contribution in [3.63, 3.8) is 0 Å². The SMILES string of the molecule is Cc1cc(F)c(C(=O)c2ccc(F)c(F)c2)cc1F. The zero-order valence-electron chi connectivity index (χ0n) is 9.81. The van der Waals surface area contributed by atoms with Crippen molar-refractivity contribution in [2.75, 3.05) is 0 Å². The van der Waals surface area contributed by atoms with Gasteiger partial charge in [-0.2, -0.15) is 0 Å². The highest BCUT2D eigenvalue weighted by Crippen LogP contribution is 2.19. The summed E-state index contributed by atoms with van der Waals surface area (Å²) in [7, 11) is 0. The molecule has 0 spiro atoms. The minimum absolute atomic E-state index is 0.0549. The molecule has 0 aliphatic rings. The fourth-order valence-corrected chi connectivity index (χ4v) is 1.61. The monoisotopic (exact) mass is 268 g/mol. The Balaban J connectivity index is 2.49. The molecule has 0 saturated heterocycles. The van der Waals surface area contributed by atoms with E-state index in [4.69, 9.17) is 0 Å². The summed E-state index contributed by atoms with van der Waals surface area (Å²) in [6.45, 7) is 1.35. The summed E-state index contributed by atoms with van der Waals surface area (Å²) in [5.74, 6) is -4.90. The molecule has 0 N–H and O–H groups in total. The van der Waals surface area contributed by atoms with Crippen molar-refractivity contribution in [2.24, 2.45) is 0 Å². The summed E-state index contributed by atoms with van der Waals surface area (Å²) in [6, 6.07) is 4.04. The van der Waals surface area contributed by atoms with Crippen LogP contribution in [0.15, 0.2) is 30.3 Å². The number of benzene rings is 2. The van der Waals surface area contributed by atoms with Gasteiger partial charge in [0.05, 0.1) is 5.56 Å². The van der Waals surface area contributed by atoms with Crippen molar-refractivity contribution in [1.82, 2.24) is 0 Å². The van der Waals surface area contributed by atoms with Gasteiger partial charge in [-0.05, 0) is 42.8 Å². The average molecular weight is 268 g/mol.